The molecule has 0 aliphatic heterocycles. The van der Waals surface area contributed by atoms with Crippen LogP contribution >= 0.6 is 0 Å². The highest BCUT2D eigenvalue weighted by Gasteiger charge is 2.24. The van der Waals surface area contributed by atoms with Crippen LogP contribution in [-0.4, -0.2) is 24.4 Å². The average Bonchev–Trinajstić information content (AvgIpc) is 3.01. The topological polar surface area (TPSA) is 64.0 Å². The molecule has 3 rings (SSSR count). The molecule has 5 nitrogen and oxygen atoms in total. The largest absolute Gasteiger partial charge is 0.314 e. The van der Waals surface area contributed by atoms with Gasteiger partial charge >= 0.3 is 0 Å². The zero-order valence-corrected chi connectivity index (χ0v) is 13.8. The van der Waals surface area contributed by atoms with Crippen LogP contribution in [0.5, 0.6) is 0 Å². The summed E-state index contributed by atoms with van der Waals surface area (Å²) in [5.74, 6) is -0.712. The lowest BCUT2D eigenvalue weighted by molar-refractivity contribution is 0.580. The van der Waals surface area contributed by atoms with Crippen molar-refractivity contribution in [2.75, 3.05) is 7.05 Å². The molecule has 0 unspecified atom stereocenters. The van der Waals surface area contributed by atoms with Gasteiger partial charge in [-0.1, -0.05) is 18.2 Å². The van der Waals surface area contributed by atoms with Gasteiger partial charge in [0.2, 0.25) is 5.95 Å². The van der Waals surface area contributed by atoms with Gasteiger partial charge in [-0.3, -0.25) is 0 Å². The second kappa shape index (κ2) is 6.54. The molecule has 0 atom stereocenters. The minimum absolute atomic E-state index is 0.138. The van der Waals surface area contributed by atoms with Crippen molar-refractivity contribution < 1.29 is 12.8 Å². The summed E-state index contributed by atoms with van der Waals surface area (Å²) in [5, 5.41) is 2.93. The summed E-state index contributed by atoms with van der Waals surface area (Å²) in [4.78, 5) is 3.76. The fourth-order valence-corrected chi connectivity index (χ4v) is 4.10. The van der Waals surface area contributed by atoms with E-state index in [9.17, 15) is 12.8 Å². The Morgan fingerprint density at radius 1 is 1.08 bits per heavy atom. The molecular formula is C17H16FN3O2S. The third-order valence-corrected chi connectivity index (χ3v) is 5.37. The Balaban J connectivity index is 2.26. The van der Waals surface area contributed by atoms with Gasteiger partial charge in [0.05, 0.1) is 16.2 Å². The third-order valence-electron chi connectivity index (χ3n) is 3.59. The molecule has 1 aromatic carbocycles. The number of pyridine rings is 1. The van der Waals surface area contributed by atoms with Crippen molar-refractivity contribution in [2.24, 2.45) is 0 Å². The zero-order valence-electron chi connectivity index (χ0n) is 13.0. The van der Waals surface area contributed by atoms with Gasteiger partial charge in [-0.05, 0) is 43.4 Å². The van der Waals surface area contributed by atoms with Gasteiger partial charge in [0.25, 0.3) is 10.0 Å². The second-order valence-electron chi connectivity index (χ2n) is 5.16. The van der Waals surface area contributed by atoms with Crippen molar-refractivity contribution in [1.29, 1.82) is 0 Å². The number of hydrogen-bond donors (Lipinski definition) is 1. The Hall–Kier alpha value is -2.51. The Bertz CT molecular complexity index is 953. The predicted molar refractivity (Wildman–Crippen MR) is 89.4 cm³/mol. The van der Waals surface area contributed by atoms with Gasteiger partial charge in [0.1, 0.15) is 0 Å². The van der Waals surface area contributed by atoms with Gasteiger partial charge in [-0.25, -0.2) is 17.4 Å². The molecular weight excluding hydrogens is 329 g/mol. The second-order valence-corrected chi connectivity index (χ2v) is 6.95. The summed E-state index contributed by atoms with van der Waals surface area (Å²) in [6.45, 7) is 0.327. The van der Waals surface area contributed by atoms with E-state index < -0.39 is 16.0 Å². The summed E-state index contributed by atoms with van der Waals surface area (Å²) >= 11 is 0. The molecule has 3 aromatic rings. The zero-order chi connectivity index (χ0) is 17.2. The molecule has 0 bridgehead atoms. The van der Waals surface area contributed by atoms with Crippen LogP contribution in [0.2, 0.25) is 0 Å². The van der Waals surface area contributed by atoms with Crippen molar-refractivity contribution in [2.45, 2.75) is 11.4 Å². The number of rotatable bonds is 5. The van der Waals surface area contributed by atoms with Crippen molar-refractivity contribution in [1.82, 2.24) is 14.3 Å². The monoisotopic (exact) mass is 345 g/mol. The predicted octanol–water partition coefficient (Wildman–Crippen LogP) is 2.65. The molecule has 2 heterocycles. The van der Waals surface area contributed by atoms with Crippen molar-refractivity contribution in [3.63, 3.8) is 0 Å². The van der Waals surface area contributed by atoms with E-state index in [-0.39, 0.29) is 16.2 Å². The molecule has 0 amide bonds. The molecule has 0 aliphatic rings. The number of halogens is 1. The van der Waals surface area contributed by atoms with E-state index >= 15 is 0 Å². The maximum atomic E-state index is 14.1. The number of aromatic nitrogens is 2. The van der Waals surface area contributed by atoms with Crippen molar-refractivity contribution >= 4 is 10.0 Å². The lowest BCUT2D eigenvalue weighted by Crippen LogP contribution is -2.20. The van der Waals surface area contributed by atoms with E-state index in [1.165, 1.54) is 28.4 Å². The van der Waals surface area contributed by atoms with Crippen LogP contribution in [0.15, 0.2) is 65.7 Å². The summed E-state index contributed by atoms with van der Waals surface area (Å²) in [6, 6.07) is 14.4. The number of hydrogen-bond acceptors (Lipinski definition) is 4. The average molecular weight is 345 g/mol. The number of nitrogens with one attached hydrogen (secondary N) is 1. The first kappa shape index (κ1) is 16.4. The van der Waals surface area contributed by atoms with Gasteiger partial charge in [0.15, 0.2) is 0 Å². The van der Waals surface area contributed by atoms with Crippen LogP contribution < -0.4 is 5.32 Å². The molecule has 1 N–H and O–H groups in total. The molecule has 0 spiro atoms. The number of nitrogens with zero attached hydrogens (tertiary/aromatic N) is 2. The fourth-order valence-electron chi connectivity index (χ4n) is 2.54. The van der Waals surface area contributed by atoms with Gasteiger partial charge in [0, 0.05) is 18.4 Å². The van der Waals surface area contributed by atoms with Gasteiger partial charge in [-0.2, -0.15) is 4.39 Å². The normalized spacial score (nSPS) is 11.6. The molecule has 124 valence electrons. The highest BCUT2D eigenvalue weighted by atomic mass is 32.2. The Kier molecular flexibility index (Phi) is 4.46. The van der Waals surface area contributed by atoms with Gasteiger partial charge in [-0.15, -0.1) is 0 Å². The molecule has 0 aliphatic carbocycles. The maximum Gasteiger partial charge on any atom is 0.268 e. The summed E-state index contributed by atoms with van der Waals surface area (Å²) in [6.07, 6.45) is 1.33. The summed E-state index contributed by atoms with van der Waals surface area (Å²) in [7, 11) is -2.14. The maximum absolute atomic E-state index is 14.1. The quantitative estimate of drug-likeness (QED) is 0.722. The minimum atomic E-state index is -3.86. The molecule has 0 radical (unpaired) electrons. The van der Waals surface area contributed by atoms with E-state index in [1.54, 1.807) is 43.4 Å². The molecule has 0 saturated heterocycles. The third kappa shape index (κ3) is 2.83. The molecule has 24 heavy (non-hydrogen) atoms. The molecule has 0 saturated carbocycles. The van der Waals surface area contributed by atoms with E-state index in [0.717, 1.165) is 0 Å². The molecule has 7 heteroatoms. The van der Waals surface area contributed by atoms with Crippen LogP contribution in [0.1, 0.15) is 5.69 Å². The molecule has 0 fully saturated rings. The highest BCUT2D eigenvalue weighted by molar-refractivity contribution is 7.90. The van der Waals surface area contributed by atoms with Gasteiger partial charge < -0.3 is 5.32 Å². The van der Waals surface area contributed by atoms with E-state index in [2.05, 4.69) is 10.3 Å². The van der Waals surface area contributed by atoms with E-state index in [0.29, 0.717) is 12.2 Å². The highest BCUT2D eigenvalue weighted by Crippen LogP contribution is 2.28. The van der Waals surface area contributed by atoms with Crippen LogP contribution in [0.25, 0.3) is 11.3 Å². The van der Waals surface area contributed by atoms with E-state index in [4.69, 9.17) is 0 Å². The smallest absolute Gasteiger partial charge is 0.268 e. The lowest BCUT2D eigenvalue weighted by atomic mass is 10.2. The minimum Gasteiger partial charge on any atom is -0.314 e. The first-order valence-corrected chi connectivity index (χ1v) is 8.76. The summed E-state index contributed by atoms with van der Waals surface area (Å²) in [5.41, 5.74) is 0.897. The SMILES string of the molecule is CNCc1ccc(-c2cccnc2F)n1S(=O)(=O)c1ccccc1. The Morgan fingerprint density at radius 2 is 1.83 bits per heavy atom. The molecule has 2 aromatic heterocycles. The Morgan fingerprint density at radius 3 is 2.50 bits per heavy atom. The fraction of sp³-hybridized carbons (Fsp3) is 0.118. The van der Waals surface area contributed by atoms with E-state index in [1.807, 2.05) is 0 Å². The standard InChI is InChI=1S/C17H16FN3O2S/c1-19-12-13-9-10-16(15-8-5-11-20-17(15)18)21(13)24(22,23)14-6-3-2-4-7-14/h2-11,19H,12H2,1H3. The van der Waals surface area contributed by atoms with Crippen LogP contribution in [0, 0.1) is 5.95 Å². The van der Waals surface area contributed by atoms with Crippen LogP contribution in [0.3, 0.4) is 0 Å². The van der Waals surface area contributed by atoms with Crippen molar-refractivity contribution in [3.8, 4) is 11.3 Å². The Labute approximate surface area is 139 Å². The first-order valence-electron chi connectivity index (χ1n) is 7.32. The van der Waals surface area contributed by atoms with Crippen LogP contribution in [0.4, 0.5) is 4.39 Å². The summed E-state index contributed by atoms with van der Waals surface area (Å²) < 4.78 is 41.4. The van der Waals surface area contributed by atoms with Crippen molar-refractivity contribution in [3.05, 3.63) is 72.4 Å². The lowest BCUT2D eigenvalue weighted by Gasteiger charge is -2.14. The van der Waals surface area contributed by atoms with Crippen LogP contribution in [-0.2, 0) is 16.6 Å². The first-order chi connectivity index (χ1) is 11.6. The number of benzene rings is 1.